The molecule has 1 aromatic heterocycles. The van der Waals surface area contributed by atoms with Gasteiger partial charge in [0.1, 0.15) is 0 Å². The Morgan fingerprint density at radius 2 is 2.18 bits per heavy atom. The SMILES string of the molecule is C/C(=N/NC(=O)C1CCCCC1)c1cccs1. The van der Waals surface area contributed by atoms with Gasteiger partial charge in [-0.25, -0.2) is 5.43 Å². The number of hydrazone groups is 1. The van der Waals surface area contributed by atoms with Crippen molar-refractivity contribution in [1.82, 2.24) is 5.43 Å². The predicted molar refractivity (Wildman–Crippen MR) is 71.2 cm³/mol. The highest BCUT2D eigenvalue weighted by Crippen LogP contribution is 2.23. The van der Waals surface area contributed by atoms with Crippen LogP contribution < -0.4 is 5.43 Å². The molecule has 0 unspecified atom stereocenters. The third-order valence-electron chi connectivity index (χ3n) is 3.19. The molecule has 1 N–H and O–H groups in total. The molecule has 92 valence electrons. The summed E-state index contributed by atoms with van der Waals surface area (Å²) in [5.41, 5.74) is 3.57. The van der Waals surface area contributed by atoms with Crippen molar-refractivity contribution in [2.24, 2.45) is 11.0 Å². The quantitative estimate of drug-likeness (QED) is 0.649. The molecule has 1 fully saturated rings. The number of carbonyl (C=O) groups excluding carboxylic acids is 1. The van der Waals surface area contributed by atoms with Crippen molar-refractivity contribution in [3.05, 3.63) is 22.4 Å². The normalized spacial score (nSPS) is 18.1. The lowest BCUT2D eigenvalue weighted by atomic mass is 9.89. The first kappa shape index (κ1) is 12.3. The Bertz CT molecular complexity index is 392. The largest absolute Gasteiger partial charge is 0.273 e. The number of hydrogen-bond donors (Lipinski definition) is 1. The van der Waals surface area contributed by atoms with Gasteiger partial charge >= 0.3 is 0 Å². The molecule has 1 aliphatic carbocycles. The number of nitrogens with one attached hydrogen (secondary N) is 1. The second-order valence-electron chi connectivity index (χ2n) is 4.49. The summed E-state index contributed by atoms with van der Waals surface area (Å²) >= 11 is 1.64. The fourth-order valence-electron chi connectivity index (χ4n) is 2.13. The van der Waals surface area contributed by atoms with E-state index in [1.54, 1.807) is 11.3 Å². The van der Waals surface area contributed by atoms with Crippen LogP contribution in [0, 0.1) is 5.92 Å². The summed E-state index contributed by atoms with van der Waals surface area (Å²) in [6.07, 6.45) is 5.64. The number of rotatable bonds is 3. The smallest absolute Gasteiger partial charge is 0.243 e. The standard InChI is InChI=1S/C13H18N2OS/c1-10(12-8-5-9-17-12)14-15-13(16)11-6-3-2-4-7-11/h5,8-9,11H,2-4,6-7H2,1H3,(H,15,16)/b14-10-. The summed E-state index contributed by atoms with van der Waals surface area (Å²) in [7, 11) is 0. The third-order valence-corrected chi connectivity index (χ3v) is 4.17. The van der Waals surface area contributed by atoms with E-state index < -0.39 is 0 Å². The predicted octanol–water partition coefficient (Wildman–Crippen LogP) is 3.17. The van der Waals surface area contributed by atoms with Crippen LogP contribution in [0.2, 0.25) is 0 Å². The molecule has 3 nitrogen and oxygen atoms in total. The van der Waals surface area contributed by atoms with Gasteiger partial charge in [0, 0.05) is 10.8 Å². The summed E-state index contributed by atoms with van der Waals surface area (Å²) < 4.78 is 0. The summed E-state index contributed by atoms with van der Waals surface area (Å²) in [4.78, 5) is 13.0. The number of nitrogens with zero attached hydrogens (tertiary/aromatic N) is 1. The Morgan fingerprint density at radius 3 is 2.82 bits per heavy atom. The van der Waals surface area contributed by atoms with Crippen LogP contribution in [0.3, 0.4) is 0 Å². The summed E-state index contributed by atoms with van der Waals surface area (Å²) in [6.45, 7) is 1.92. The molecule has 0 aromatic carbocycles. The Hall–Kier alpha value is -1.16. The van der Waals surface area contributed by atoms with Crippen molar-refractivity contribution in [2.75, 3.05) is 0 Å². The van der Waals surface area contributed by atoms with E-state index in [2.05, 4.69) is 10.5 Å². The first-order chi connectivity index (χ1) is 8.27. The Morgan fingerprint density at radius 1 is 1.41 bits per heavy atom. The zero-order chi connectivity index (χ0) is 12.1. The first-order valence-electron chi connectivity index (χ1n) is 6.15. The molecule has 0 radical (unpaired) electrons. The molecule has 0 saturated heterocycles. The van der Waals surface area contributed by atoms with E-state index in [9.17, 15) is 4.79 Å². The molecule has 17 heavy (non-hydrogen) atoms. The lowest BCUT2D eigenvalue weighted by Crippen LogP contribution is -2.29. The van der Waals surface area contributed by atoms with Gasteiger partial charge in [-0.3, -0.25) is 4.79 Å². The molecule has 1 aromatic rings. The van der Waals surface area contributed by atoms with Gasteiger partial charge in [-0.05, 0) is 31.2 Å². The molecular formula is C13H18N2OS. The van der Waals surface area contributed by atoms with Gasteiger partial charge in [0.25, 0.3) is 0 Å². The molecule has 1 heterocycles. The number of hydrogen-bond acceptors (Lipinski definition) is 3. The van der Waals surface area contributed by atoms with E-state index in [1.165, 1.54) is 19.3 Å². The van der Waals surface area contributed by atoms with Crippen LogP contribution in [0.5, 0.6) is 0 Å². The summed E-state index contributed by atoms with van der Waals surface area (Å²) in [6, 6.07) is 4.00. The molecular weight excluding hydrogens is 232 g/mol. The number of thiophene rings is 1. The molecule has 1 amide bonds. The van der Waals surface area contributed by atoms with Gasteiger partial charge < -0.3 is 0 Å². The van der Waals surface area contributed by atoms with Crippen molar-refractivity contribution < 1.29 is 4.79 Å². The fraction of sp³-hybridized carbons (Fsp3) is 0.538. The minimum Gasteiger partial charge on any atom is -0.273 e. The van der Waals surface area contributed by atoms with Gasteiger partial charge in [0.2, 0.25) is 5.91 Å². The average Bonchev–Trinajstić information content (AvgIpc) is 2.90. The third kappa shape index (κ3) is 3.40. The van der Waals surface area contributed by atoms with Crippen molar-refractivity contribution in [3.63, 3.8) is 0 Å². The van der Waals surface area contributed by atoms with E-state index in [0.717, 1.165) is 23.4 Å². The number of carbonyl (C=O) groups is 1. The zero-order valence-electron chi connectivity index (χ0n) is 10.1. The van der Waals surface area contributed by atoms with E-state index in [-0.39, 0.29) is 11.8 Å². The second kappa shape index (κ2) is 5.96. The molecule has 0 aliphatic heterocycles. The van der Waals surface area contributed by atoms with E-state index >= 15 is 0 Å². The van der Waals surface area contributed by atoms with Crippen molar-refractivity contribution in [1.29, 1.82) is 0 Å². The minimum atomic E-state index is 0.0839. The van der Waals surface area contributed by atoms with Gasteiger partial charge in [0.15, 0.2) is 0 Å². The molecule has 2 rings (SSSR count). The summed E-state index contributed by atoms with van der Waals surface area (Å²) in [5, 5.41) is 6.18. The van der Waals surface area contributed by atoms with Crippen molar-refractivity contribution >= 4 is 23.0 Å². The lowest BCUT2D eigenvalue weighted by Gasteiger charge is -2.19. The topological polar surface area (TPSA) is 41.5 Å². The lowest BCUT2D eigenvalue weighted by molar-refractivity contribution is -0.125. The van der Waals surface area contributed by atoms with Crippen LogP contribution in [-0.4, -0.2) is 11.6 Å². The summed E-state index contributed by atoms with van der Waals surface area (Å²) in [5.74, 6) is 0.254. The van der Waals surface area contributed by atoms with Crippen LogP contribution >= 0.6 is 11.3 Å². The average molecular weight is 250 g/mol. The maximum Gasteiger partial charge on any atom is 0.243 e. The van der Waals surface area contributed by atoms with Gasteiger partial charge in [-0.1, -0.05) is 25.3 Å². The Balaban J connectivity index is 1.88. The van der Waals surface area contributed by atoms with Crippen LogP contribution in [0.4, 0.5) is 0 Å². The highest BCUT2D eigenvalue weighted by molar-refractivity contribution is 7.12. The molecule has 0 spiro atoms. The minimum absolute atomic E-state index is 0.0839. The Kier molecular flexibility index (Phi) is 4.31. The highest BCUT2D eigenvalue weighted by atomic mass is 32.1. The van der Waals surface area contributed by atoms with Crippen LogP contribution in [0.15, 0.2) is 22.6 Å². The molecule has 0 bridgehead atoms. The molecule has 1 saturated carbocycles. The van der Waals surface area contributed by atoms with Gasteiger partial charge in [-0.15, -0.1) is 11.3 Å². The highest BCUT2D eigenvalue weighted by Gasteiger charge is 2.20. The number of amides is 1. The first-order valence-corrected chi connectivity index (χ1v) is 7.03. The van der Waals surface area contributed by atoms with Crippen molar-refractivity contribution in [3.8, 4) is 0 Å². The van der Waals surface area contributed by atoms with Crippen molar-refractivity contribution in [2.45, 2.75) is 39.0 Å². The van der Waals surface area contributed by atoms with Crippen LogP contribution in [0.25, 0.3) is 0 Å². The van der Waals surface area contributed by atoms with Crippen LogP contribution in [0.1, 0.15) is 43.9 Å². The fourth-order valence-corrected chi connectivity index (χ4v) is 2.81. The maximum atomic E-state index is 11.9. The van der Waals surface area contributed by atoms with E-state index in [0.29, 0.717) is 0 Å². The van der Waals surface area contributed by atoms with Gasteiger partial charge in [-0.2, -0.15) is 5.10 Å². The monoisotopic (exact) mass is 250 g/mol. The maximum absolute atomic E-state index is 11.9. The Labute approximate surface area is 106 Å². The second-order valence-corrected chi connectivity index (χ2v) is 5.43. The van der Waals surface area contributed by atoms with E-state index in [4.69, 9.17) is 0 Å². The molecule has 1 aliphatic rings. The van der Waals surface area contributed by atoms with Crippen LogP contribution in [-0.2, 0) is 4.79 Å². The zero-order valence-corrected chi connectivity index (χ0v) is 10.9. The molecule has 0 atom stereocenters. The van der Waals surface area contributed by atoms with E-state index in [1.807, 2.05) is 24.4 Å². The molecule has 4 heteroatoms. The van der Waals surface area contributed by atoms with Gasteiger partial charge in [0.05, 0.1) is 5.71 Å².